The Balaban J connectivity index is 1.72. The zero-order chi connectivity index (χ0) is 18.5. The molecule has 1 aliphatic rings. The molecule has 0 unspecified atom stereocenters. The summed E-state index contributed by atoms with van der Waals surface area (Å²) in [6.45, 7) is -0.0970. The van der Waals surface area contributed by atoms with E-state index in [1.165, 1.54) is 0 Å². The van der Waals surface area contributed by atoms with Crippen molar-refractivity contribution in [2.24, 2.45) is 0 Å². The van der Waals surface area contributed by atoms with Gasteiger partial charge in [-0.15, -0.1) is 0 Å². The summed E-state index contributed by atoms with van der Waals surface area (Å²) in [5.41, 5.74) is 1.82. The van der Waals surface area contributed by atoms with Crippen molar-refractivity contribution >= 4 is 46.3 Å². The summed E-state index contributed by atoms with van der Waals surface area (Å²) in [5.74, 6) is -1.11. The third-order valence-electron chi connectivity index (χ3n) is 3.56. The first kappa shape index (κ1) is 18.2. The minimum absolute atomic E-state index is 0.210. The molecule has 0 saturated carbocycles. The average molecular weight is 384 g/mol. The molecule has 3 rings (SSSR count). The fraction of sp³-hybridized carbons (Fsp3) is 0.105. The first-order valence-electron chi connectivity index (χ1n) is 7.75. The molecule has 5 nitrogen and oxygen atoms in total. The fourth-order valence-corrected chi connectivity index (χ4v) is 3.61. The maximum absolute atomic E-state index is 12.3. The number of thiocarbonyl (C=S) groups is 1. The van der Waals surface area contributed by atoms with Crippen LogP contribution in [0.15, 0.2) is 59.5 Å². The van der Waals surface area contributed by atoms with Crippen LogP contribution in [0.2, 0.25) is 0 Å². The number of hydrogen-bond donors (Lipinski definition) is 0. The van der Waals surface area contributed by atoms with Crippen molar-refractivity contribution in [1.29, 1.82) is 0 Å². The van der Waals surface area contributed by atoms with Gasteiger partial charge in [0, 0.05) is 0 Å². The quantitative estimate of drug-likeness (QED) is 0.562. The van der Waals surface area contributed by atoms with Crippen LogP contribution in [0, 0.1) is 0 Å². The molecule has 0 N–H and O–H groups in total. The van der Waals surface area contributed by atoms with Crippen molar-refractivity contribution in [3.05, 3.63) is 70.6 Å². The largest absolute Gasteiger partial charge is 0.548 e. The van der Waals surface area contributed by atoms with E-state index in [0.29, 0.717) is 17.3 Å². The van der Waals surface area contributed by atoms with Crippen molar-refractivity contribution in [3.63, 3.8) is 0 Å². The Labute approximate surface area is 160 Å². The summed E-state index contributed by atoms with van der Waals surface area (Å²) in [4.78, 5) is 24.4. The van der Waals surface area contributed by atoms with Gasteiger partial charge in [0.1, 0.15) is 16.7 Å². The molecule has 132 valence electrons. The molecule has 1 saturated heterocycles. The molecule has 2 aromatic carbocycles. The molecule has 1 fully saturated rings. The van der Waals surface area contributed by atoms with Crippen LogP contribution in [0.1, 0.15) is 11.1 Å². The highest BCUT2D eigenvalue weighted by Crippen LogP contribution is 2.32. The van der Waals surface area contributed by atoms with E-state index in [2.05, 4.69) is 0 Å². The molecule has 0 aliphatic carbocycles. The second-order valence-electron chi connectivity index (χ2n) is 5.49. The maximum Gasteiger partial charge on any atom is 0.266 e. The van der Waals surface area contributed by atoms with E-state index in [0.717, 1.165) is 27.8 Å². The standard InChI is InChI=1S/C19H15NO4S2/c21-17(22)11-20-18(23)16(26-19(20)25)10-14-7-4-8-15(9-14)24-12-13-5-2-1-3-6-13/h1-10H,11-12H2,(H,21,22)/p-1. The average Bonchev–Trinajstić information content (AvgIpc) is 2.88. The van der Waals surface area contributed by atoms with Gasteiger partial charge in [0.2, 0.25) is 0 Å². The number of aliphatic carboxylic acids is 1. The monoisotopic (exact) mass is 384 g/mol. The number of carbonyl (C=O) groups is 2. The summed E-state index contributed by atoms with van der Waals surface area (Å²) in [7, 11) is 0. The molecular formula is C19H14NO4S2-. The Kier molecular flexibility index (Phi) is 5.70. The second-order valence-corrected chi connectivity index (χ2v) is 7.16. The number of nitrogens with zero attached hydrogens (tertiary/aromatic N) is 1. The zero-order valence-corrected chi connectivity index (χ0v) is 15.2. The van der Waals surface area contributed by atoms with Crippen molar-refractivity contribution < 1.29 is 19.4 Å². The number of carboxylic acid groups (broad SMARTS) is 1. The Morgan fingerprint density at radius 3 is 2.69 bits per heavy atom. The normalized spacial score (nSPS) is 15.5. The van der Waals surface area contributed by atoms with Crippen LogP contribution in [-0.4, -0.2) is 27.6 Å². The number of carbonyl (C=O) groups excluding carboxylic acids is 2. The first-order chi connectivity index (χ1) is 12.5. The molecule has 0 radical (unpaired) electrons. The van der Waals surface area contributed by atoms with Crippen LogP contribution in [0.5, 0.6) is 5.75 Å². The molecule has 0 spiro atoms. The highest BCUT2D eigenvalue weighted by molar-refractivity contribution is 8.26. The van der Waals surface area contributed by atoms with Gasteiger partial charge >= 0.3 is 0 Å². The number of benzene rings is 2. The molecule has 26 heavy (non-hydrogen) atoms. The van der Waals surface area contributed by atoms with Gasteiger partial charge in [-0.2, -0.15) is 0 Å². The summed E-state index contributed by atoms with van der Waals surface area (Å²) in [6, 6.07) is 17.1. The van der Waals surface area contributed by atoms with E-state index in [9.17, 15) is 14.7 Å². The molecule has 0 aromatic heterocycles. The van der Waals surface area contributed by atoms with Gasteiger partial charge in [-0.3, -0.25) is 9.69 Å². The number of carboxylic acids is 1. The molecular weight excluding hydrogens is 370 g/mol. The van der Waals surface area contributed by atoms with Crippen LogP contribution in [0.3, 0.4) is 0 Å². The smallest absolute Gasteiger partial charge is 0.266 e. The second kappa shape index (κ2) is 8.16. The lowest BCUT2D eigenvalue weighted by atomic mass is 10.2. The summed E-state index contributed by atoms with van der Waals surface area (Å²) < 4.78 is 5.99. The van der Waals surface area contributed by atoms with Gasteiger partial charge in [-0.05, 0) is 29.3 Å². The van der Waals surface area contributed by atoms with Crippen LogP contribution < -0.4 is 9.84 Å². The molecule has 0 bridgehead atoms. The number of rotatable bonds is 6. The van der Waals surface area contributed by atoms with Crippen molar-refractivity contribution in [2.45, 2.75) is 6.61 Å². The summed E-state index contributed by atoms with van der Waals surface area (Å²) in [5, 5.41) is 10.7. The number of thioether (sulfide) groups is 1. The minimum Gasteiger partial charge on any atom is -0.548 e. The molecule has 2 aromatic rings. The summed E-state index contributed by atoms with van der Waals surface area (Å²) >= 11 is 6.13. The highest BCUT2D eigenvalue weighted by atomic mass is 32.2. The van der Waals surface area contributed by atoms with Gasteiger partial charge in [0.15, 0.2) is 0 Å². The highest BCUT2D eigenvalue weighted by Gasteiger charge is 2.31. The van der Waals surface area contributed by atoms with E-state index in [1.54, 1.807) is 6.08 Å². The Morgan fingerprint density at radius 1 is 1.19 bits per heavy atom. The molecule has 0 atom stereocenters. The van der Waals surface area contributed by atoms with Crippen LogP contribution >= 0.6 is 24.0 Å². The van der Waals surface area contributed by atoms with Gasteiger partial charge in [-0.25, -0.2) is 0 Å². The number of ether oxygens (including phenoxy) is 1. The minimum atomic E-state index is -1.35. The Bertz CT molecular complexity index is 880. The van der Waals surface area contributed by atoms with E-state index >= 15 is 0 Å². The predicted molar refractivity (Wildman–Crippen MR) is 102 cm³/mol. The SMILES string of the molecule is O=C([O-])CN1C(=O)C(=Cc2cccc(OCc3ccccc3)c2)SC1=S. The van der Waals surface area contributed by atoms with Crippen molar-refractivity contribution in [1.82, 2.24) is 4.90 Å². The summed E-state index contributed by atoms with van der Waals surface area (Å²) in [6.07, 6.45) is 1.67. The van der Waals surface area contributed by atoms with Crippen LogP contribution in [-0.2, 0) is 16.2 Å². The topological polar surface area (TPSA) is 69.7 Å². The lowest BCUT2D eigenvalue weighted by Crippen LogP contribution is -2.40. The van der Waals surface area contributed by atoms with E-state index in [1.807, 2.05) is 54.6 Å². The molecule has 7 heteroatoms. The third-order valence-corrected chi connectivity index (χ3v) is 4.94. The Morgan fingerprint density at radius 2 is 1.96 bits per heavy atom. The maximum atomic E-state index is 12.3. The lowest BCUT2D eigenvalue weighted by Gasteiger charge is -2.14. The van der Waals surface area contributed by atoms with E-state index in [-0.39, 0.29) is 4.32 Å². The third kappa shape index (κ3) is 4.50. The van der Waals surface area contributed by atoms with Gasteiger partial charge < -0.3 is 14.6 Å². The van der Waals surface area contributed by atoms with Crippen LogP contribution in [0.4, 0.5) is 0 Å². The predicted octanol–water partition coefficient (Wildman–Crippen LogP) is 2.22. The molecule has 1 aliphatic heterocycles. The number of amides is 1. The Hall–Kier alpha value is -2.64. The molecule has 1 amide bonds. The lowest BCUT2D eigenvalue weighted by molar-refractivity contribution is -0.305. The van der Waals surface area contributed by atoms with E-state index in [4.69, 9.17) is 17.0 Å². The van der Waals surface area contributed by atoms with Crippen molar-refractivity contribution in [3.8, 4) is 5.75 Å². The van der Waals surface area contributed by atoms with Crippen LogP contribution in [0.25, 0.3) is 6.08 Å². The van der Waals surface area contributed by atoms with Crippen molar-refractivity contribution in [2.75, 3.05) is 6.54 Å². The molecule has 1 heterocycles. The first-order valence-corrected chi connectivity index (χ1v) is 8.97. The van der Waals surface area contributed by atoms with Gasteiger partial charge in [-0.1, -0.05) is 66.4 Å². The van der Waals surface area contributed by atoms with Gasteiger partial charge in [0.05, 0.1) is 17.4 Å². The van der Waals surface area contributed by atoms with Gasteiger partial charge in [0.25, 0.3) is 5.91 Å². The zero-order valence-electron chi connectivity index (χ0n) is 13.6. The fourth-order valence-electron chi connectivity index (χ4n) is 2.35. The number of hydrogen-bond acceptors (Lipinski definition) is 6. The van der Waals surface area contributed by atoms with E-state index < -0.39 is 18.4 Å².